The molecule has 0 spiro atoms. The number of H-pyrrole nitrogens is 1. The number of nitrogens with one attached hydrogen (secondary N) is 1. The first-order chi connectivity index (χ1) is 7.28. The van der Waals surface area contributed by atoms with Crippen LogP contribution < -0.4 is 0 Å². The Morgan fingerprint density at radius 3 is 3.07 bits per heavy atom. The average molecular weight is 201 g/mol. The smallest absolute Gasteiger partial charge is 0.192 e. The van der Waals surface area contributed by atoms with Crippen LogP contribution in [0.1, 0.15) is 16.4 Å². The van der Waals surface area contributed by atoms with Crippen LogP contribution in [0.5, 0.6) is 0 Å². The Hall–Kier alpha value is -2.17. The second-order valence-electron chi connectivity index (χ2n) is 3.33. The first-order valence-electron chi connectivity index (χ1n) is 4.48. The standard InChI is InChI=1S/C10H7N3O2/c1-5-11-8-2-6-7(3-10(8)15-5)12-13-9(6)4-14/h2-4H,1H3,(H,12,13). The monoisotopic (exact) mass is 201 g/mol. The van der Waals surface area contributed by atoms with Crippen LogP contribution >= 0.6 is 0 Å². The number of benzene rings is 1. The van der Waals surface area contributed by atoms with E-state index in [1.165, 1.54) is 0 Å². The predicted octanol–water partition coefficient (Wildman–Crippen LogP) is 1.83. The molecule has 0 aliphatic heterocycles. The van der Waals surface area contributed by atoms with Gasteiger partial charge in [-0.2, -0.15) is 5.10 Å². The maximum atomic E-state index is 10.7. The highest BCUT2D eigenvalue weighted by atomic mass is 16.3. The second kappa shape index (κ2) is 2.66. The van der Waals surface area contributed by atoms with E-state index in [9.17, 15) is 4.79 Å². The Morgan fingerprint density at radius 2 is 2.27 bits per heavy atom. The molecule has 1 aromatic carbocycles. The van der Waals surface area contributed by atoms with E-state index in [1.807, 2.05) is 0 Å². The fourth-order valence-corrected chi connectivity index (χ4v) is 1.66. The number of hydrogen-bond donors (Lipinski definition) is 1. The molecule has 0 radical (unpaired) electrons. The quantitative estimate of drug-likeness (QED) is 0.609. The fraction of sp³-hybridized carbons (Fsp3) is 0.100. The minimum Gasteiger partial charge on any atom is -0.441 e. The van der Waals surface area contributed by atoms with E-state index in [2.05, 4.69) is 15.2 Å². The van der Waals surface area contributed by atoms with Crippen LogP contribution in [-0.4, -0.2) is 21.5 Å². The molecule has 1 N–H and O–H groups in total. The molecule has 0 amide bonds. The lowest BCUT2D eigenvalue weighted by molar-refractivity contribution is 0.112. The van der Waals surface area contributed by atoms with Gasteiger partial charge in [-0.1, -0.05) is 0 Å². The van der Waals surface area contributed by atoms with Crippen molar-refractivity contribution in [1.82, 2.24) is 15.2 Å². The van der Waals surface area contributed by atoms with Gasteiger partial charge >= 0.3 is 0 Å². The van der Waals surface area contributed by atoms with E-state index < -0.39 is 0 Å². The molecule has 0 aliphatic rings. The maximum absolute atomic E-state index is 10.7. The van der Waals surface area contributed by atoms with Crippen molar-refractivity contribution in [3.8, 4) is 0 Å². The molecule has 0 saturated heterocycles. The maximum Gasteiger partial charge on any atom is 0.192 e. The van der Waals surface area contributed by atoms with Crippen molar-refractivity contribution < 1.29 is 9.21 Å². The highest BCUT2D eigenvalue weighted by molar-refractivity contribution is 6.00. The van der Waals surface area contributed by atoms with Crippen molar-refractivity contribution in [2.24, 2.45) is 0 Å². The number of hydrogen-bond acceptors (Lipinski definition) is 4. The third-order valence-corrected chi connectivity index (χ3v) is 2.32. The summed E-state index contributed by atoms with van der Waals surface area (Å²) in [7, 11) is 0. The highest BCUT2D eigenvalue weighted by Crippen LogP contribution is 2.23. The van der Waals surface area contributed by atoms with Crippen molar-refractivity contribution in [3.05, 3.63) is 23.7 Å². The van der Waals surface area contributed by atoms with Gasteiger partial charge in [-0.05, 0) is 6.07 Å². The predicted molar refractivity (Wildman–Crippen MR) is 53.8 cm³/mol. The van der Waals surface area contributed by atoms with Gasteiger partial charge in [0.2, 0.25) is 0 Å². The molecular weight excluding hydrogens is 194 g/mol. The summed E-state index contributed by atoms with van der Waals surface area (Å²) in [5.41, 5.74) is 2.60. The van der Waals surface area contributed by atoms with E-state index >= 15 is 0 Å². The molecule has 5 heteroatoms. The first kappa shape index (κ1) is 8.16. The summed E-state index contributed by atoms with van der Waals surface area (Å²) in [6.45, 7) is 1.78. The molecule has 5 nitrogen and oxygen atoms in total. The molecule has 0 bridgehead atoms. The number of carbonyl (C=O) groups excluding carboxylic acids is 1. The lowest BCUT2D eigenvalue weighted by Gasteiger charge is -1.87. The van der Waals surface area contributed by atoms with Crippen LogP contribution in [0.2, 0.25) is 0 Å². The molecule has 74 valence electrons. The Kier molecular flexibility index (Phi) is 1.45. The molecule has 0 atom stereocenters. The van der Waals surface area contributed by atoms with Gasteiger partial charge < -0.3 is 4.42 Å². The van der Waals surface area contributed by atoms with E-state index in [0.29, 0.717) is 22.7 Å². The highest BCUT2D eigenvalue weighted by Gasteiger charge is 2.09. The minimum absolute atomic E-state index is 0.465. The molecule has 2 aromatic heterocycles. The Labute approximate surface area is 84.1 Å². The summed E-state index contributed by atoms with van der Waals surface area (Å²) in [6, 6.07) is 3.57. The molecule has 3 rings (SSSR count). The van der Waals surface area contributed by atoms with Gasteiger partial charge in [0.05, 0.1) is 5.52 Å². The summed E-state index contributed by atoms with van der Waals surface area (Å²) < 4.78 is 5.37. The van der Waals surface area contributed by atoms with Crippen LogP contribution in [0.15, 0.2) is 16.5 Å². The van der Waals surface area contributed by atoms with Gasteiger partial charge in [-0.15, -0.1) is 0 Å². The third-order valence-electron chi connectivity index (χ3n) is 2.32. The van der Waals surface area contributed by atoms with Gasteiger partial charge in [-0.25, -0.2) is 4.98 Å². The summed E-state index contributed by atoms with van der Waals surface area (Å²) in [5.74, 6) is 0.606. The van der Waals surface area contributed by atoms with Gasteiger partial charge in [0.25, 0.3) is 0 Å². The Balaban J connectivity index is 2.48. The number of aromatic nitrogens is 3. The number of carbonyl (C=O) groups is 1. The van der Waals surface area contributed by atoms with E-state index in [1.54, 1.807) is 19.1 Å². The number of aryl methyl sites for hydroxylation is 1. The summed E-state index contributed by atoms with van der Waals surface area (Å²) >= 11 is 0. The Morgan fingerprint density at radius 1 is 1.40 bits per heavy atom. The van der Waals surface area contributed by atoms with Crippen molar-refractivity contribution in [3.63, 3.8) is 0 Å². The second-order valence-corrected chi connectivity index (χ2v) is 3.33. The van der Waals surface area contributed by atoms with E-state index in [0.717, 1.165) is 17.2 Å². The van der Waals surface area contributed by atoms with Crippen LogP contribution in [-0.2, 0) is 0 Å². The van der Waals surface area contributed by atoms with Crippen LogP contribution in [0.4, 0.5) is 0 Å². The van der Waals surface area contributed by atoms with Crippen molar-refractivity contribution in [1.29, 1.82) is 0 Å². The molecule has 2 heterocycles. The van der Waals surface area contributed by atoms with Gasteiger partial charge in [-0.3, -0.25) is 9.89 Å². The van der Waals surface area contributed by atoms with Gasteiger partial charge in [0, 0.05) is 18.4 Å². The van der Waals surface area contributed by atoms with Crippen LogP contribution in [0.25, 0.3) is 22.0 Å². The summed E-state index contributed by atoms with van der Waals surface area (Å²) in [4.78, 5) is 14.9. The molecule has 0 fully saturated rings. The molecule has 3 aromatic rings. The van der Waals surface area contributed by atoms with Crippen molar-refractivity contribution in [2.45, 2.75) is 6.92 Å². The first-order valence-corrected chi connectivity index (χ1v) is 4.48. The molecule has 0 aliphatic carbocycles. The Bertz CT molecular complexity index is 666. The SMILES string of the molecule is Cc1nc2cc3c(C=O)[nH]nc3cc2o1. The zero-order chi connectivity index (χ0) is 10.4. The zero-order valence-electron chi connectivity index (χ0n) is 7.94. The minimum atomic E-state index is 0.465. The molecular formula is C10H7N3O2. The van der Waals surface area contributed by atoms with E-state index in [-0.39, 0.29) is 0 Å². The van der Waals surface area contributed by atoms with Crippen molar-refractivity contribution in [2.75, 3.05) is 0 Å². The lowest BCUT2D eigenvalue weighted by atomic mass is 10.2. The number of aromatic amines is 1. The molecule has 0 saturated carbocycles. The molecule has 15 heavy (non-hydrogen) atoms. The zero-order valence-corrected chi connectivity index (χ0v) is 7.94. The fourth-order valence-electron chi connectivity index (χ4n) is 1.66. The third kappa shape index (κ3) is 1.06. The summed E-state index contributed by atoms with van der Waals surface area (Å²) in [5, 5.41) is 7.43. The summed E-state index contributed by atoms with van der Waals surface area (Å²) in [6.07, 6.45) is 0.744. The van der Waals surface area contributed by atoms with Crippen LogP contribution in [0.3, 0.4) is 0 Å². The normalized spacial score (nSPS) is 11.3. The number of aldehydes is 1. The number of nitrogens with zero attached hydrogens (tertiary/aromatic N) is 2. The van der Waals surface area contributed by atoms with E-state index in [4.69, 9.17) is 4.42 Å². The number of rotatable bonds is 1. The lowest BCUT2D eigenvalue weighted by Crippen LogP contribution is -1.78. The average Bonchev–Trinajstić information content (AvgIpc) is 2.75. The topological polar surface area (TPSA) is 71.8 Å². The number of fused-ring (bicyclic) bond motifs is 2. The van der Waals surface area contributed by atoms with Gasteiger partial charge in [0.1, 0.15) is 11.2 Å². The number of oxazole rings is 1. The molecule has 0 unspecified atom stereocenters. The van der Waals surface area contributed by atoms with Crippen molar-refractivity contribution >= 4 is 28.3 Å². The van der Waals surface area contributed by atoms with Gasteiger partial charge in [0.15, 0.2) is 17.8 Å². The van der Waals surface area contributed by atoms with Crippen LogP contribution in [0, 0.1) is 6.92 Å². The largest absolute Gasteiger partial charge is 0.441 e.